The highest BCUT2D eigenvalue weighted by atomic mass is 32.1. The molecule has 0 aliphatic heterocycles. The first-order valence-corrected chi connectivity index (χ1v) is 7.93. The molecule has 0 amide bonds. The number of benzene rings is 1. The molecule has 1 aromatic carbocycles. The average Bonchev–Trinajstić information content (AvgIpc) is 3.21. The van der Waals surface area contributed by atoms with Gasteiger partial charge in [-0.2, -0.15) is 5.26 Å². The Hall–Kier alpha value is -3.24. The number of rotatable bonds is 4. The lowest BCUT2D eigenvalue weighted by molar-refractivity contribution is -0.384. The van der Waals surface area contributed by atoms with Crippen molar-refractivity contribution in [3.8, 4) is 11.8 Å². The molecule has 7 heteroatoms. The van der Waals surface area contributed by atoms with E-state index < -0.39 is 4.92 Å². The fraction of sp³-hybridized carbons (Fsp3) is 0.0588. The summed E-state index contributed by atoms with van der Waals surface area (Å²) in [5, 5.41) is 22.7. The molecule has 0 spiro atoms. The van der Waals surface area contributed by atoms with E-state index in [4.69, 9.17) is 0 Å². The topological polar surface area (TPSA) is 84.8 Å². The van der Waals surface area contributed by atoms with Gasteiger partial charge in [-0.25, -0.2) is 4.98 Å². The van der Waals surface area contributed by atoms with E-state index in [-0.39, 0.29) is 5.69 Å². The summed E-state index contributed by atoms with van der Waals surface area (Å²) in [5.74, 6) is 0. The third-order valence-electron chi connectivity index (χ3n) is 3.38. The quantitative estimate of drug-likeness (QED) is 0.406. The minimum Gasteiger partial charge on any atom is -0.317 e. The number of hydrogen-bond donors (Lipinski definition) is 0. The van der Waals surface area contributed by atoms with Gasteiger partial charge >= 0.3 is 0 Å². The summed E-state index contributed by atoms with van der Waals surface area (Å²) in [5.41, 5.74) is 2.98. The van der Waals surface area contributed by atoms with Gasteiger partial charge in [-0.15, -0.1) is 11.3 Å². The number of thiazole rings is 1. The van der Waals surface area contributed by atoms with Crippen molar-refractivity contribution in [3.05, 3.63) is 74.5 Å². The Morgan fingerprint density at radius 3 is 2.71 bits per heavy atom. The largest absolute Gasteiger partial charge is 0.317 e. The van der Waals surface area contributed by atoms with E-state index >= 15 is 0 Å². The first kappa shape index (κ1) is 15.6. The van der Waals surface area contributed by atoms with Crippen LogP contribution in [0.3, 0.4) is 0 Å². The lowest BCUT2D eigenvalue weighted by atomic mass is 10.2. The van der Waals surface area contributed by atoms with E-state index in [2.05, 4.69) is 11.1 Å². The Labute approximate surface area is 142 Å². The zero-order valence-electron chi connectivity index (χ0n) is 12.7. The molecule has 0 radical (unpaired) electrons. The number of hydrogen-bond acceptors (Lipinski definition) is 5. The summed E-state index contributed by atoms with van der Waals surface area (Å²) < 4.78 is 1.86. The number of non-ortho nitro benzene ring substituents is 1. The summed E-state index contributed by atoms with van der Waals surface area (Å²) in [6, 6.07) is 12.2. The van der Waals surface area contributed by atoms with Crippen molar-refractivity contribution in [1.82, 2.24) is 9.55 Å². The highest BCUT2D eigenvalue weighted by Gasteiger charge is 2.09. The number of nitro benzene ring substituents is 1. The third kappa shape index (κ3) is 3.09. The third-order valence-corrected chi connectivity index (χ3v) is 4.37. The van der Waals surface area contributed by atoms with Crippen molar-refractivity contribution in [2.75, 3.05) is 0 Å². The van der Waals surface area contributed by atoms with Gasteiger partial charge in [0.15, 0.2) is 0 Å². The van der Waals surface area contributed by atoms with Crippen LogP contribution in [0.5, 0.6) is 0 Å². The molecule has 0 unspecified atom stereocenters. The fourth-order valence-corrected chi connectivity index (χ4v) is 3.01. The molecule has 0 fully saturated rings. The molecule has 0 saturated carbocycles. The zero-order valence-corrected chi connectivity index (χ0v) is 13.5. The van der Waals surface area contributed by atoms with Crippen LogP contribution in [0.2, 0.25) is 0 Å². The molecule has 0 saturated heterocycles. The fourth-order valence-electron chi connectivity index (χ4n) is 2.25. The van der Waals surface area contributed by atoms with E-state index in [0.717, 1.165) is 17.1 Å². The minimum absolute atomic E-state index is 0.0407. The lowest BCUT2D eigenvalue weighted by Crippen LogP contribution is -1.96. The standard InChI is InChI=1S/C17H12N4O2S/c1-12-11-24-17(19-12)13(10-18)9-16-3-2-8-20(16)14-4-6-15(7-5-14)21(22)23/h2-9,11H,1H3/b13-9+. The first-order valence-electron chi connectivity index (χ1n) is 7.05. The van der Waals surface area contributed by atoms with Crippen LogP contribution in [0.1, 0.15) is 16.4 Å². The molecule has 3 aromatic rings. The molecular formula is C17H12N4O2S. The van der Waals surface area contributed by atoms with Crippen LogP contribution in [0.4, 0.5) is 5.69 Å². The minimum atomic E-state index is -0.432. The number of aryl methyl sites for hydroxylation is 1. The lowest BCUT2D eigenvalue weighted by Gasteiger charge is -2.06. The second-order valence-electron chi connectivity index (χ2n) is 5.04. The van der Waals surface area contributed by atoms with Gasteiger partial charge in [-0.1, -0.05) is 0 Å². The van der Waals surface area contributed by atoms with Crippen molar-refractivity contribution in [1.29, 1.82) is 5.26 Å². The number of nitriles is 1. The smallest absolute Gasteiger partial charge is 0.269 e. The number of nitrogens with zero attached hydrogens (tertiary/aromatic N) is 4. The maximum absolute atomic E-state index is 10.8. The van der Waals surface area contributed by atoms with Crippen molar-refractivity contribution in [3.63, 3.8) is 0 Å². The summed E-state index contributed by atoms with van der Waals surface area (Å²) in [6.45, 7) is 1.88. The molecule has 0 aliphatic rings. The predicted molar refractivity (Wildman–Crippen MR) is 92.8 cm³/mol. The predicted octanol–water partition coefficient (Wildman–Crippen LogP) is 4.21. The average molecular weight is 336 g/mol. The molecule has 2 heterocycles. The van der Waals surface area contributed by atoms with E-state index in [1.807, 2.05) is 35.2 Å². The van der Waals surface area contributed by atoms with Crippen LogP contribution < -0.4 is 0 Å². The summed E-state index contributed by atoms with van der Waals surface area (Å²) in [7, 11) is 0. The second kappa shape index (κ2) is 6.48. The molecule has 0 N–H and O–H groups in total. The Morgan fingerprint density at radius 1 is 1.38 bits per heavy atom. The van der Waals surface area contributed by atoms with Gasteiger partial charge in [0.05, 0.1) is 10.5 Å². The van der Waals surface area contributed by atoms with Gasteiger partial charge < -0.3 is 4.57 Å². The van der Waals surface area contributed by atoms with Crippen molar-refractivity contribution < 1.29 is 4.92 Å². The molecule has 0 bridgehead atoms. The van der Waals surface area contributed by atoms with Gasteiger partial charge in [0.1, 0.15) is 11.1 Å². The summed E-state index contributed by atoms with van der Waals surface area (Å²) in [6.07, 6.45) is 3.61. The summed E-state index contributed by atoms with van der Waals surface area (Å²) >= 11 is 1.42. The van der Waals surface area contributed by atoms with Crippen molar-refractivity contribution >= 4 is 28.7 Å². The highest BCUT2D eigenvalue weighted by molar-refractivity contribution is 7.11. The molecule has 3 rings (SSSR count). The van der Waals surface area contributed by atoms with Crippen LogP contribution >= 0.6 is 11.3 Å². The SMILES string of the molecule is Cc1csc(/C(C#N)=C/c2cccn2-c2ccc([N+](=O)[O-])cc2)n1. The molecule has 2 aromatic heterocycles. The molecular weight excluding hydrogens is 324 g/mol. The van der Waals surface area contributed by atoms with E-state index in [1.165, 1.54) is 23.5 Å². The molecule has 24 heavy (non-hydrogen) atoms. The molecule has 118 valence electrons. The van der Waals surface area contributed by atoms with E-state index in [9.17, 15) is 15.4 Å². The maximum atomic E-state index is 10.8. The van der Waals surface area contributed by atoms with E-state index in [0.29, 0.717) is 10.6 Å². The van der Waals surface area contributed by atoms with Crippen LogP contribution in [0.25, 0.3) is 17.3 Å². The van der Waals surface area contributed by atoms with E-state index in [1.54, 1.807) is 18.2 Å². The Kier molecular flexibility index (Phi) is 4.22. The van der Waals surface area contributed by atoms with Crippen LogP contribution in [0, 0.1) is 28.4 Å². The Balaban J connectivity index is 1.99. The number of allylic oxidation sites excluding steroid dienone is 1. The second-order valence-corrected chi connectivity index (χ2v) is 5.90. The monoisotopic (exact) mass is 336 g/mol. The normalized spacial score (nSPS) is 11.2. The van der Waals surface area contributed by atoms with Gasteiger partial charge in [0.2, 0.25) is 0 Å². The maximum Gasteiger partial charge on any atom is 0.269 e. The van der Waals surface area contributed by atoms with Gasteiger partial charge in [-0.05, 0) is 37.3 Å². The van der Waals surface area contributed by atoms with Crippen LogP contribution in [-0.4, -0.2) is 14.5 Å². The van der Waals surface area contributed by atoms with Crippen molar-refractivity contribution in [2.45, 2.75) is 6.92 Å². The number of aromatic nitrogens is 2. The van der Waals surface area contributed by atoms with Crippen LogP contribution in [-0.2, 0) is 0 Å². The van der Waals surface area contributed by atoms with Gasteiger partial charge in [-0.3, -0.25) is 10.1 Å². The summed E-state index contributed by atoms with van der Waals surface area (Å²) in [4.78, 5) is 14.7. The Bertz CT molecular complexity index is 961. The highest BCUT2D eigenvalue weighted by Crippen LogP contribution is 2.24. The van der Waals surface area contributed by atoms with Gasteiger partial charge in [0.25, 0.3) is 5.69 Å². The molecule has 0 aliphatic carbocycles. The Morgan fingerprint density at radius 2 is 2.12 bits per heavy atom. The zero-order chi connectivity index (χ0) is 17.1. The first-order chi connectivity index (χ1) is 11.6. The molecule has 6 nitrogen and oxygen atoms in total. The van der Waals surface area contributed by atoms with Gasteiger partial charge in [0, 0.05) is 40.8 Å². The van der Waals surface area contributed by atoms with Crippen molar-refractivity contribution in [2.24, 2.45) is 0 Å². The number of nitro groups is 1. The van der Waals surface area contributed by atoms with Crippen LogP contribution in [0.15, 0.2) is 48.0 Å². The molecule has 0 atom stereocenters.